The van der Waals surface area contributed by atoms with Crippen LogP contribution in [0.25, 0.3) is 0 Å². The molecule has 0 bridgehead atoms. The molecule has 1 saturated carbocycles. The second kappa shape index (κ2) is 5.51. The normalized spacial score (nSPS) is 30.8. The second-order valence-electron chi connectivity index (χ2n) is 7.13. The van der Waals surface area contributed by atoms with Crippen molar-refractivity contribution in [1.29, 1.82) is 0 Å². The van der Waals surface area contributed by atoms with E-state index in [4.69, 9.17) is 0 Å². The van der Waals surface area contributed by atoms with Crippen LogP contribution >= 0.6 is 0 Å². The Morgan fingerprint density at radius 2 is 1.85 bits per heavy atom. The van der Waals surface area contributed by atoms with Gasteiger partial charge in [-0.2, -0.15) is 0 Å². The number of aryl methyl sites for hydroxylation is 1. The van der Waals surface area contributed by atoms with E-state index in [2.05, 4.69) is 20.8 Å². The minimum Gasteiger partial charge on any atom is -0.321 e. The van der Waals surface area contributed by atoms with Crippen LogP contribution < -0.4 is 0 Å². The van der Waals surface area contributed by atoms with Crippen molar-refractivity contribution in [3.8, 4) is 0 Å². The van der Waals surface area contributed by atoms with Gasteiger partial charge in [0.2, 0.25) is 0 Å². The fraction of sp³-hybridized carbons (Fsp3) is 0.824. The third-order valence-corrected chi connectivity index (χ3v) is 5.84. The Morgan fingerprint density at radius 3 is 2.80 bits per heavy atom. The molecule has 110 valence electrons. The predicted molar refractivity (Wildman–Crippen MR) is 80.5 cm³/mol. The van der Waals surface area contributed by atoms with Crippen molar-refractivity contribution < 1.29 is 0 Å². The molecule has 2 fully saturated rings. The molecule has 2 atom stereocenters. The van der Waals surface area contributed by atoms with Gasteiger partial charge in [-0.3, -0.25) is 4.90 Å². The molecule has 4 rings (SSSR count). The topological polar surface area (TPSA) is 21.1 Å². The first kappa shape index (κ1) is 12.9. The molecule has 3 heteroatoms. The summed E-state index contributed by atoms with van der Waals surface area (Å²) in [6, 6.07) is 0. The highest BCUT2D eigenvalue weighted by atomic mass is 15.3. The maximum Gasteiger partial charge on any atom is 0.0962 e. The number of aromatic nitrogens is 2. The summed E-state index contributed by atoms with van der Waals surface area (Å²) in [5.74, 6) is 2.02. The van der Waals surface area contributed by atoms with E-state index in [1.807, 2.05) is 0 Å². The third kappa shape index (κ3) is 2.41. The molecule has 3 aliphatic rings. The lowest BCUT2D eigenvalue weighted by atomic mass is 9.75. The van der Waals surface area contributed by atoms with Gasteiger partial charge >= 0.3 is 0 Å². The molecule has 3 nitrogen and oxygen atoms in total. The summed E-state index contributed by atoms with van der Waals surface area (Å²) < 4.78 is 2.44. The summed E-state index contributed by atoms with van der Waals surface area (Å²) in [7, 11) is 0. The predicted octanol–water partition coefficient (Wildman–Crippen LogP) is 3.23. The highest BCUT2D eigenvalue weighted by molar-refractivity contribution is 5.16. The van der Waals surface area contributed by atoms with E-state index in [1.165, 1.54) is 82.3 Å². The van der Waals surface area contributed by atoms with Crippen LogP contribution in [0.2, 0.25) is 0 Å². The zero-order valence-corrected chi connectivity index (χ0v) is 12.6. The monoisotopic (exact) mass is 273 g/mol. The second-order valence-corrected chi connectivity index (χ2v) is 7.13. The van der Waals surface area contributed by atoms with Gasteiger partial charge in [0.1, 0.15) is 0 Å². The van der Waals surface area contributed by atoms with E-state index in [1.54, 1.807) is 0 Å². The summed E-state index contributed by atoms with van der Waals surface area (Å²) >= 11 is 0. The Hall–Kier alpha value is -0.830. The molecule has 0 spiro atoms. The third-order valence-electron chi connectivity index (χ3n) is 5.84. The molecule has 0 N–H and O–H groups in total. The lowest BCUT2D eigenvalue weighted by Crippen LogP contribution is -2.42. The Morgan fingerprint density at radius 1 is 1.00 bits per heavy atom. The van der Waals surface area contributed by atoms with Crippen molar-refractivity contribution in [3.05, 3.63) is 17.7 Å². The van der Waals surface area contributed by atoms with Crippen LogP contribution in [-0.4, -0.2) is 27.5 Å². The van der Waals surface area contributed by atoms with Gasteiger partial charge in [0, 0.05) is 18.8 Å². The van der Waals surface area contributed by atoms with Crippen molar-refractivity contribution in [2.45, 2.75) is 64.5 Å². The number of hydrogen-bond donors (Lipinski definition) is 0. The van der Waals surface area contributed by atoms with E-state index in [9.17, 15) is 0 Å². The molecule has 1 aromatic rings. The summed E-state index contributed by atoms with van der Waals surface area (Å²) in [4.78, 5) is 7.32. The zero-order valence-electron chi connectivity index (χ0n) is 12.6. The molecule has 0 radical (unpaired) electrons. The van der Waals surface area contributed by atoms with E-state index in [-0.39, 0.29) is 0 Å². The fourth-order valence-corrected chi connectivity index (χ4v) is 4.67. The van der Waals surface area contributed by atoms with E-state index < -0.39 is 0 Å². The standard InChI is InChI=1S/C17H27N3/c1-2-6-15-11-19(10-9-14(15)5-1)13-20-12-18-16-7-3-4-8-17(16)20/h12,14-15H,1-11,13H2. The average Bonchev–Trinajstić information content (AvgIpc) is 2.91. The summed E-state index contributed by atoms with van der Waals surface area (Å²) in [6.45, 7) is 3.72. The molecule has 1 saturated heterocycles. The lowest BCUT2D eigenvalue weighted by Gasteiger charge is -2.41. The van der Waals surface area contributed by atoms with Crippen LogP contribution in [0.1, 0.15) is 56.3 Å². The van der Waals surface area contributed by atoms with Crippen LogP contribution in [0.5, 0.6) is 0 Å². The molecule has 20 heavy (non-hydrogen) atoms. The van der Waals surface area contributed by atoms with Crippen molar-refractivity contribution >= 4 is 0 Å². The zero-order chi connectivity index (χ0) is 13.4. The van der Waals surface area contributed by atoms with Crippen LogP contribution in [0.3, 0.4) is 0 Å². The van der Waals surface area contributed by atoms with Gasteiger partial charge in [-0.1, -0.05) is 19.3 Å². The number of piperidine rings is 1. The maximum atomic E-state index is 4.64. The van der Waals surface area contributed by atoms with Crippen LogP contribution in [0.4, 0.5) is 0 Å². The number of hydrogen-bond acceptors (Lipinski definition) is 2. The molecule has 1 aromatic heterocycles. The summed E-state index contributed by atoms with van der Waals surface area (Å²) in [5, 5.41) is 0. The van der Waals surface area contributed by atoms with Crippen LogP contribution in [-0.2, 0) is 19.5 Å². The minimum atomic E-state index is 0.983. The highest BCUT2D eigenvalue weighted by Crippen LogP contribution is 2.36. The molecule has 2 unspecified atom stereocenters. The SMILES string of the molecule is c1nc2c(n1CN1CCC3CCCCC3C1)CCCC2. The van der Waals surface area contributed by atoms with Gasteiger partial charge in [-0.25, -0.2) is 4.98 Å². The number of imidazole rings is 1. The molecule has 0 amide bonds. The quantitative estimate of drug-likeness (QED) is 0.825. The van der Waals surface area contributed by atoms with Gasteiger partial charge in [-0.15, -0.1) is 0 Å². The highest BCUT2D eigenvalue weighted by Gasteiger charge is 2.31. The van der Waals surface area contributed by atoms with E-state index in [0.29, 0.717) is 0 Å². The number of fused-ring (bicyclic) bond motifs is 2. The fourth-order valence-electron chi connectivity index (χ4n) is 4.67. The molecule has 2 heterocycles. The van der Waals surface area contributed by atoms with Gasteiger partial charge in [0.15, 0.2) is 0 Å². The summed E-state index contributed by atoms with van der Waals surface area (Å²) in [5.41, 5.74) is 2.91. The largest absolute Gasteiger partial charge is 0.321 e. The van der Waals surface area contributed by atoms with Crippen LogP contribution in [0, 0.1) is 11.8 Å². The van der Waals surface area contributed by atoms with Crippen LogP contribution in [0.15, 0.2) is 6.33 Å². The molecule has 0 aromatic carbocycles. The maximum absolute atomic E-state index is 4.64. The molecular formula is C17H27N3. The molecule has 1 aliphatic heterocycles. The van der Waals surface area contributed by atoms with Gasteiger partial charge in [-0.05, 0) is 50.4 Å². The lowest BCUT2D eigenvalue weighted by molar-refractivity contribution is 0.0655. The number of rotatable bonds is 2. The Labute approximate surface area is 122 Å². The smallest absolute Gasteiger partial charge is 0.0962 e. The van der Waals surface area contributed by atoms with Crippen molar-refractivity contribution in [2.75, 3.05) is 13.1 Å². The molecular weight excluding hydrogens is 246 g/mol. The Balaban J connectivity index is 1.43. The first-order valence-electron chi connectivity index (χ1n) is 8.65. The van der Waals surface area contributed by atoms with Gasteiger partial charge in [0.25, 0.3) is 0 Å². The minimum absolute atomic E-state index is 0.983. The van der Waals surface area contributed by atoms with Crippen molar-refractivity contribution in [1.82, 2.24) is 14.5 Å². The Bertz CT molecular complexity index is 465. The molecule has 2 aliphatic carbocycles. The first-order valence-corrected chi connectivity index (χ1v) is 8.65. The first-order chi connectivity index (χ1) is 9.90. The van der Waals surface area contributed by atoms with E-state index >= 15 is 0 Å². The number of likely N-dealkylation sites (tertiary alicyclic amines) is 1. The summed E-state index contributed by atoms with van der Waals surface area (Å²) in [6.07, 6.45) is 14.6. The van der Waals surface area contributed by atoms with Crippen molar-refractivity contribution in [2.24, 2.45) is 11.8 Å². The Kier molecular flexibility index (Phi) is 3.55. The van der Waals surface area contributed by atoms with Gasteiger partial charge in [0.05, 0.1) is 18.7 Å². The van der Waals surface area contributed by atoms with E-state index in [0.717, 1.165) is 18.5 Å². The average molecular weight is 273 g/mol. The van der Waals surface area contributed by atoms with Crippen molar-refractivity contribution in [3.63, 3.8) is 0 Å². The number of nitrogens with zero attached hydrogens (tertiary/aromatic N) is 3. The van der Waals surface area contributed by atoms with Gasteiger partial charge < -0.3 is 4.57 Å².